The number of aliphatic hydroxyl groups excluding tert-OH is 3. The highest BCUT2D eigenvalue weighted by molar-refractivity contribution is 4.83. The highest BCUT2D eigenvalue weighted by Gasteiger charge is 2.23. The fourth-order valence-corrected chi connectivity index (χ4v) is 0.542. The summed E-state index contributed by atoms with van der Waals surface area (Å²) in [6.07, 6.45) is -3.16. The molecule has 0 spiro atoms. The van der Waals surface area contributed by atoms with Crippen LogP contribution in [0.4, 0.5) is 0 Å². The third-order valence-electron chi connectivity index (χ3n) is 1.35. The van der Waals surface area contributed by atoms with Gasteiger partial charge in [0.1, 0.15) is 0 Å². The lowest BCUT2D eigenvalue weighted by molar-refractivity contribution is -0.00389. The predicted octanol–water partition coefficient (Wildman–Crippen LogP) is -1.75. The van der Waals surface area contributed by atoms with E-state index in [1.165, 1.54) is 6.92 Å². The van der Waals surface area contributed by atoms with E-state index in [9.17, 15) is 0 Å². The lowest BCUT2D eigenvalue weighted by Crippen LogP contribution is -2.48. The van der Waals surface area contributed by atoms with E-state index in [2.05, 4.69) is 6.92 Å². The second-order valence-electron chi connectivity index (χ2n) is 2.38. The first-order valence-corrected chi connectivity index (χ1v) is 3.09. The van der Waals surface area contributed by atoms with Crippen molar-refractivity contribution in [3.05, 3.63) is 6.92 Å². The van der Waals surface area contributed by atoms with Crippen LogP contribution in [0, 0.1) is 6.92 Å². The van der Waals surface area contributed by atoms with Gasteiger partial charge in [-0.3, -0.25) is 0 Å². The minimum atomic E-state index is -1.17. The summed E-state index contributed by atoms with van der Waals surface area (Å²) in [4.78, 5) is 0. The van der Waals surface area contributed by atoms with Gasteiger partial charge in [0.25, 0.3) is 0 Å². The Bertz CT molecular complexity index is 83.0. The molecule has 0 saturated carbocycles. The van der Waals surface area contributed by atoms with Gasteiger partial charge in [0.05, 0.1) is 24.4 Å². The van der Waals surface area contributed by atoms with E-state index in [1.54, 1.807) is 0 Å². The van der Waals surface area contributed by atoms with Crippen LogP contribution >= 0.6 is 0 Å². The first-order valence-electron chi connectivity index (χ1n) is 3.09. The fourth-order valence-electron chi connectivity index (χ4n) is 0.542. The van der Waals surface area contributed by atoms with Crippen LogP contribution in [0.25, 0.3) is 0 Å². The standard InChI is InChI=1S/C6H14NO3/c1-3(8)5(7)6(10)4(2)9/h3-6,8-10H,2,7H2,1H3. The molecule has 61 valence electrons. The Morgan fingerprint density at radius 2 is 1.70 bits per heavy atom. The summed E-state index contributed by atoms with van der Waals surface area (Å²) in [6.45, 7) is 4.60. The molecule has 0 aromatic rings. The van der Waals surface area contributed by atoms with Crippen molar-refractivity contribution in [3.63, 3.8) is 0 Å². The maximum absolute atomic E-state index is 8.97. The van der Waals surface area contributed by atoms with E-state index in [1.807, 2.05) is 0 Å². The van der Waals surface area contributed by atoms with Crippen LogP contribution in [0.1, 0.15) is 6.92 Å². The average Bonchev–Trinajstić information content (AvgIpc) is 1.84. The zero-order valence-electron chi connectivity index (χ0n) is 5.94. The molecule has 10 heavy (non-hydrogen) atoms. The molecule has 0 aliphatic carbocycles. The highest BCUT2D eigenvalue weighted by atomic mass is 16.3. The topological polar surface area (TPSA) is 86.7 Å². The van der Waals surface area contributed by atoms with Crippen LogP contribution in [0.5, 0.6) is 0 Å². The number of aliphatic hydroxyl groups is 3. The van der Waals surface area contributed by atoms with Gasteiger partial charge >= 0.3 is 0 Å². The molecule has 0 aliphatic rings. The second-order valence-corrected chi connectivity index (χ2v) is 2.38. The first kappa shape index (κ1) is 9.84. The van der Waals surface area contributed by atoms with Crippen LogP contribution in [-0.2, 0) is 0 Å². The molecule has 4 atom stereocenters. The molecule has 4 nitrogen and oxygen atoms in total. The second kappa shape index (κ2) is 3.88. The Morgan fingerprint density at radius 1 is 1.30 bits per heavy atom. The normalized spacial score (nSPS) is 23.4. The van der Waals surface area contributed by atoms with Gasteiger partial charge in [-0.25, -0.2) is 0 Å². The van der Waals surface area contributed by atoms with Gasteiger partial charge in [0.2, 0.25) is 0 Å². The van der Waals surface area contributed by atoms with Gasteiger partial charge in [0.15, 0.2) is 0 Å². The van der Waals surface area contributed by atoms with Gasteiger partial charge in [0, 0.05) is 0 Å². The number of hydrogen-bond donors (Lipinski definition) is 4. The van der Waals surface area contributed by atoms with Gasteiger partial charge < -0.3 is 21.1 Å². The number of rotatable bonds is 3. The van der Waals surface area contributed by atoms with Crippen LogP contribution in [-0.4, -0.2) is 39.7 Å². The quantitative estimate of drug-likeness (QED) is 0.382. The van der Waals surface area contributed by atoms with Crippen molar-refractivity contribution in [3.8, 4) is 0 Å². The minimum absolute atomic E-state index is 0.840. The third kappa shape index (κ3) is 2.62. The lowest BCUT2D eigenvalue weighted by Gasteiger charge is -2.22. The van der Waals surface area contributed by atoms with Gasteiger partial charge in [-0.1, -0.05) is 0 Å². The van der Waals surface area contributed by atoms with Crippen molar-refractivity contribution in [2.24, 2.45) is 5.73 Å². The van der Waals surface area contributed by atoms with E-state index in [-0.39, 0.29) is 0 Å². The molecule has 0 heterocycles. The summed E-state index contributed by atoms with van der Waals surface area (Å²) in [5.41, 5.74) is 5.26. The SMILES string of the molecule is [CH2]C(O)C(O)C(N)C(C)O. The van der Waals surface area contributed by atoms with Crippen molar-refractivity contribution in [1.29, 1.82) is 0 Å². The molecular weight excluding hydrogens is 134 g/mol. The molecule has 0 aromatic carbocycles. The summed E-state index contributed by atoms with van der Waals surface area (Å²) >= 11 is 0. The summed E-state index contributed by atoms with van der Waals surface area (Å²) < 4.78 is 0. The molecule has 5 N–H and O–H groups in total. The van der Waals surface area contributed by atoms with Crippen molar-refractivity contribution < 1.29 is 15.3 Å². The van der Waals surface area contributed by atoms with Crippen molar-refractivity contribution in [1.82, 2.24) is 0 Å². The monoisotopic (exact) mass is 148 g/mol. The minimum Gasteiger partial charge on any atom is -0.392 e. The zero-order chi connectivity index (χ0) is 8.31. The first-order chi connectivity index (χ1) is 4.46. The molecule has 0 rings (SSSR count). The van der Waals surface area contributed by atoms with Gasteiger partial charge in [-0.05, 0) is 13.8 Å². The summed E-state index contributed by atoms with van der Waals surface area (Å²) in [7, 11) is 0. The zero-order valence-corrected chi connectivity index (χ0v) is 5.94. The van der Waals surface area contributed by atoms with Crippen LogP contribution < -0.4 is 5.73 Å². The molecule has 0 fully saturated rings. The van der Waals surface area contributed by atoms with Crippen molar-refractivity contribution in [2.45, 2.75) is 31.3 Å². The molecule has 1 radical (unpaired) electrons. The molecular formula is C6H14NO3. The van der Waals surface area contributed by atoms with E-state index >= 15 is 0 Å². The highest BCUT2D eigenvalue weighted by Crippen LogP contribution is 2.00. The fraction of sp³-hybridized carbons (Fsp3) is 0.833. The molecule has 0 aliphatic heterocycles. The van der Waals surface area contributed by atoms with E-state index < -0.39 is 24.4 Å². The van der Waals surface area contributed by atoms with Crippen molar-refractivity contribution >= 4 is 0 Å². The third-order valence-corrected chi connectivity index (χ3v) is 1.35. The Hall–Kier alpha value is -0.160. The number of nitrogens with two attached hydrogens (primary N) is 1. The molecule has 4 unspecified atom stereocenters. The Balaban J connectivity index is 3.81. The smallest absolute Gasteiger partial charge is 0.0974 e. The van der Waals surface area contributed by atoms with Gasteiger partial charge in [-0.15, -0.1) is 0 Å². The molecule has 0 aromatic heterocycles. The summed E-state index contributed by atoms with van der Waals surface area (Å²) in [5.74, 6) is 0. The van der Waals surface area contributed by atoms with Crippen LogP contribution in [0.15, 0.2) is 0 Å². The summed E-state index contributed by atoms with van der Waals surface area (Å²) in [5, 5.41) is 26.5. The van der Waals surface area contributed by atoms with E-state index in [0.29, 0.717) is 0 Å². The molecule has 4 heteroatoms. The van der Waals surface area contributed by atoms with E-state index in [0.717, 1.165) is 0 Å². The Labute approximate surface area is 60.3 Å². The van der Waals surface area contributed by atoms with Crippen molar-refractivity contribution in [2.75, 3.05) is 0 Å². The Kier molecular flexibility index (Phi) is 3.81. The lowest BCUT2D eigenvalue weighted by atomic mass is 10.0. The van der Waals surface area contributed by atoms with Crippen LogP contribution in [0.2, 0.25) is 0 Å². The largest absolute Gasteiger partial charge is 0.392 e. The van der Waals surface area contributed by atoms with Crippen LogP contribution in [0.3, 0.4) is 0 Å². The Morgan fingerprint density at radius 3 is 1.80 bits per heavy atom. The maximum Gasteiger partial charge on any atom is 0.0974 e. The molecule has 0 saturated heterocycles. The molecule has 0 amide bonds. The summed E-state index contributed by atoms with van der Waals surface area (Å²) in [6, 6.07) is -0.840. The maximum atomic E-state index is 8.97. The number of hydrogen-bond acceptors (Lipinski definition) is 4. The molecule has 0 bridgehead atoms. The van der Waals surface area contributed by atoms with Gasteiger partial charge in [-0.2, -0.15) is 0 Å². The van der Waals surface area contributed by atoms with E-state index in [4.69, 9.17) is 21.1 Å². The average molecular weight is 148 g/mol. The predicted molar refractivity (Wildman–Crippen MR) is 37.0 cm³/mol.